The van der Waals surface area contributed by atoms with Crippen LogP contribution in [-0.2, 0) is 5.41 Å². The number of imidazole rings is 1. The number of aromatic nitrogens is 3. The first-order chi connectivity index (χ1) is 7.79. The van der Waals surface area contributed by atoms with Gasteiger partial charge in [-0.1, -0.05) is 20.8 Å². The van der Waals surface area contributed by atoms with Gasteiger partial charge < -0.3 is 0 Å². The molecular formula is C11H12BrF2N3. The van der Waals surface area contributed by atoms with Gasteiger partial charge >= 0.3 is 0 Å². The van der Waals surface area contributed by atoms with Crippen LogP contribution >= 0.6 is 15.9 Å². The molecule has 0 spiro atoms. The molecule has 0 aliphatic rings. The Morgan fingerprint density at radius 1 is 1.29 bits per heavy atom. The van der Waals surface area contributed by atoms with Crippen LogP contribution in [-0.4, -0.2) is 14.4 Å². The van der Waals surface area contributed by atoms with Crippen molar-refractivity contribution in [3.8, 4) is 0 Å². The zero-order chi connectivity index (χ0) is 12.8. The van der Waals surface area contributed by atoms with E-state index in [2.05, 4.69) is 25.9 Å². The van der Waals surface area contributed by atoms with E-state index in [0.29, 0.717) is 10.4 Å². The minimum atomic E-state index is -2.59. The van der Waals surface area contributed by atoms with Gasteiger partial charge in [0.15, 0.2) is 4.73 Å². The molecule has 0 aliphatic heterocycles. The molecule has 0 fully saturated rings. The molecule has 6 heteroatoms. The fourth-order valence-corrected chi connectivity index (χ4v) is 1.93. The second-order valence-corrected chi connectivity index (χ2v) is 5.56. The summed E-state index contributed by atoms with van der Waals surface area (Å²) in [6.07, 6.45) is -0.784. The van der Waals surface area contributed by atoms with Gasteiger partial charge in [0.05, 0.1) is 5.69 Å². The molecule has 0 aromatic carbocycles. The van der Waals surface area contributed by atoms with Gasteiger partial charge in [-0.15, -0.1) is 0 Å². The van der Waals surface area contributed by atoms with Crippen molar-refractivity contribution in [1.29, 1.82) is 0 Å². The molecular weight excluding hydrogens is 292 g/mol. The Kier molecular flexibility index (Phi) is 2.93. The molecule has 0 unspecified atom stereocenters. The van der Waals surface area contributed by atoms with E-state index < -0.39 is 6.43 Å². The summed E-state index contributed by atoms with van der Waals surface area (Å²) in [4.78, 5) is 8.13. The lowest BCUT2D eigenvalue weighted by Gasteiger charge is -2.13. The third-order valence-electron chi connectivity index (χ3n) is 2.42. The van der Waals surface area contributed by atoms with Crippen LogP contribution in [0.4, 0.5) is 8.78 Å². The van der Waals surface area contributed by atoms with Crippen LogP contribution in [0.1, 0.15) is 38.6 Å². The quantitative estimate of drug-likeness (QED) is 0.752. The van der Waals surface area contributed by atoms with Gasteiger partial charge in [0, 0.05) is 17.7 Å². The molecule has 0 saturated carbocycles. The zero-order valence-corrected chi connectivity index (χ0v) is 11.3. The summed E-state index contributed by atoms with van der Waals surface area (Å²) >= 11 is 3.17. The normalized spacial score (nSPS) is 12.6. The molecule has 17 heavy (non-hydrogen) atoms. The first kappa shape index (κ1) is 12.4. The van der Waals surface area contributed by atoms with Gasteiger partial charge in [-0.25, -0.2) is 18.7 Å². The average molecular weight is 304 g/mol. The van der Waals surface area contributed by atoms with E-state index in [9.17, 15) is 8.78 Å². The highest BCUT2D eigenvalue weighted by Gasteiger charge is 2.20. The lowest BCUT2D eigenvalue weighted by atomic mass is 9.93. The number of nitrogens with zero attached hydrogens (tertiary/aromatic N) is 3. The molecule has 0 atom stereocenters. The van der Waals surface area contributed by atoms with E-state index in [0.717, 1.165) is 5.69 Å². The van der Waals surface area contributed by atoms with Crippen molar-refractivity contribution in [2.75, 3.05) is 0 Å². The van der Waals surface area contributed by atoms with E-state index in [1.54, 1.807) is 4.40 Å². The molecule has 0 aliphatic carbocycles. The van der Waals surface area contributed by atoms with Crippen molar-refractivity contribution in [2.45, 2.75) is 32.6 Å². The summed E-state index contributed by atoms with van der Waals surface area (Å²) in [6, 6.07) is 1.31. The van der Waals surface area contributed by atoms with Crippen molar-refractivity contribution in [3.05, 3.63) is 28.4 Å². The average Bonchev–Trinajstić information content (AvgIpc) is 2.60. The predicted molar refractivity (Wildman–Crippen MR) is 64.3 cm³/mol. The molecule has 2 heterocycles. The maximum Gasteiger partial charge on any atom is 0.280 e. The third-order valence-corrected chi connectivity index (χ3v) is 2.98. The largest absolute Gasteiger partial charge is 0.280 e. The standard InChI is InChI=1S/C11H12BrF2N3/c1-11(2,3)7-5-17-8(16-7)4-6(9(13)14)15-10(17)12/h4-5,9H,1-3H3. The topological polar surface area (TPSA) is 30.2 Å². The zero-order valence-electron chi connectivity index (χ0n) is 9.71. The lowest BCUT2D eigenvalue weighted by Crippen LogP contribution is -2.11. The molecule has 3 nitrogen and oxygen atoms in total. The van der Waals surface area contributed by atoms with Gasteiger partial charge in [0.25, 0.3) is 6.43 Å². The molecule has 92 valence electrons. The van der Waals surface area contributed by atoms with Crippen molar-refractivity contribution in [2.24, 2.45) is 0 Å². The number of fused-ring (bicyclic) bond motifs is 1. The maximum absolute atomic E-state index is 12.6. The Morgan fingerprint density at radius 2 is 1.94 bits per heavy atom. The van der Waals surface area contributed by atoms with E-state index in [1.165, 1.54) is 6.07 Å². The number of hydrogen-bond acceptors (Lipinski definition) is 2. The SMILES string of the molecule is CC(C)(C)c1cn2c(Br)nc(C(F)F)cc2n1. The second kappa shape index (κ2) is 4.01. The summed E-state index contributed by atoms with van der Waals surface area (Å²) in [6.45, 7) is 6.05. The van der Waals surface area contributed by atoms with Gasteiger partial charge in [-0.05, 0) is 15.9 Å². The summed E-state index contributed by atoms with van der Waals surface area (Å²) in [5, 5.41) is 0. The molecule has 2 aromatic heterocycles. The minimum Gasteiger partial charge on any atom is -0.278 e. The Morgan fingerprint density at radius 3 is 2.47 bits per heavy atom. The molecule has 0 amide bonds. The van der Waals surface area contributed by atoms with Crippen molar-refractivity contribution in [3.63, 3.8) is 0 Å². The van der Waals surface area contributed by atoms with Crippen LogP contribution in [0, 0.1) is 0 Å². The number of alkyl halides is 2. The predicted octanol–water partition coefficient (Wildman–Crippen LogP) is 3.73. The Labute approximate surface area is 106 Å². The molecule has 2 aromatic rings. The summed E-state index contributed by atoms with van der Waals surface area (Å²) in [5.41, 5.74) is 0.921. The first-order valence-corrected chi connectivity index (χ1v) is 5.92. The van der Waals surface area contributed by atoms with E-state index in [4.69, 9.17) is 0 Å². The van der Waals surface area contributed by atoms with E-state index >= 15 is 0 Å². The van der Waals surface area contributed by atoms with Crippen LogP contribution in [0.2, 0.25) is 0 Å². The fraction of sp³-hybridized carbons (Fsp3) is 0.455. The molecule has 0 saturated heterocycles. The van der Waals surface area contributed by atoms with Gasteiger partial charge in [-0.2, -0.15) is 0 Å². The lowest BCUT2D eigenvalue weighted by molar-refractivity contribution is 0.145. The molecule has 0 bridgehead atoms. The van der Waals surface area contributed by atoms with Gasteiger partial charge in [0.1, 0.15) is 11.3 Å². The minimum absolute atomic E-state index is 0.129. The van der Waals surface area contributed by atoms with E-state index in [1.807, 2.05) is 27.0 Å². The maximum atomic E-state index is 12.6. The Bertz CT molecular complexity index is 558. The smallest absolute Gasteiger partial charge is 0.278 e. The van der Waals surface area contributed by atoms with Gasteiger partial charge in [0.2, 0.25) is 0 Å². The summed E-state index contributed by atoms with van der Waals surface area (Å²) < 4.78 is 27.2. The van der Waals surface area contributed by atoms with Crippen LogP contribution in [0.25, 0.3) is 5.65 Å². The van der Waals surface area contributed by atoms with Crippen LogP contribution in [0.3, 0.4) is 0 Å². The summed E-state index contributed by atoms with van der Waals surface area (Å²) in [7, 11) is 0. The monoisotopic (exact) mass is 303 g/mol. The fourth-order valence-electron chi connectivity index (χ4n) is 1.44. The number of halogens is 3. The Hall–Kier alpha value is -1.04. The highest BCUT2D eigenvalue weighted by atomic mass is 79.9. The van der Waals surface area contributed by atoms with Crippen LogP contribution in [0.15, 0.2) is 17.0 Å². The van der Waals surface area contributed by atoms with Crippen LogP contribution < -0.4 is 0 Å². The number of hydrogen-bond donors (Lipinski definition) is 0. The van der Waals surface area contributed by atoms with Crippen LogP contribution in [0.5, 0.6) is 0 Å². The summed E-state index contributed by atoms with van der Waals surface area (Å²) in [5.74, 6) is 0. The highest BCUT2D eigenvalue weighted by molar-refractivity contribution is 9.10. The van der Waals surface area contributed by atoms with E-state index in [-0.39, 0.29) is 11.1 Å². The second-order valence-electron chi connectivity index (χ2n) is 4.86. The Balaban J connectivity index is 2.65. The van der Waals surface area contributed by atoms with Crippen molar-refractivity contribution in [1.82, 2.24) is 14.4 Å². The molecule has 2 rings (SSSR count). The highest BCUT2D eigenvalue weighted by Crippen LogP contribution is 2.25. The molecule has 0 radical (unpaired) electrons. The molecule has 0 N–H and O–H groups in total. The first-order valence-electron chi connectivity index (χ1n) is 5.13. The van der Waals surface area contributed by atoms with Crippen molar-refractivity contribution < 1.29 is 8.78 Å². The van der Waals surface area contributed by atoms with Gasteiger partial charge in [-0.3, -0.25) is 4.40 Å². The third kappa shape index (κ3) is 2.31. The number of rotatable bonds is 1. The van der Waals surface area contributed by atoms with Crippen molar-refractivity contribution >= 4 is 21.6 Å².